The number of para-hydroxylation sites is 2. The molecule has 0 radical (unpaired) electrons. The lowest BCUT2D eigenvalue weighted by molar-refractivity contribution is -0.123. The van der Waals surface area contributed by atoms with Gasteiger partial charge in [-0.05, 0) is 80.8 Å². The molecule has 1 heterocycles. The molecule has 4 fully saturated rings. The van der Waals surface area contributed by atoms with E-state index in [0.717, 1.165) is 28.9 Å². The highest BCUT2D eigenvalue weighted by Gasteiger charge is 2.53. The molecular weight excluding hydrogens is 344 g/mol. The highest BCUT2D eigenvalue weighted by molar-refractivity contribution is 7.99. The number of rotatable bonds is 5. The van der Waals surface area contributed by atoms with Crippen molar-refractivity contribution in [2.75, 3.05) is 5.75 Å². The Morgan fingerprint density at radius 3 is 2.54 bits per heavy atom. The van der Waals surface area contributed by atoms with Gasteiger partial charge in [-0.1, -0.05) is 23.9 Å². The zero-order valence-electron chi connectivity index (χ0n) is 15.2. The first-order chi connectivity index (χ1) is 12.6. The van der Waals surface area contributed by atoms with E-state index in [9.17, 15) is 4.79 Å². The molecule has 1 unspecified atom stereocenters. The SMILES string of the molecule is CC(NC(=O)CSc1nc2ccccc2o1)C12CC3CC(CC(C3)C1)C2. The van der Waals surface area contributed by atoms with Gasteiger partial charge < -0.3 is 9.73 Å². The number of thioether (sulfide) groups is 1. The Labute approximate surface area is 158 Å². The quantitative estimate of drug-likeness (QED) is 0.779. The molecule has 26 heavy (non-hydrogen) atoms. The summed E-state index contributed by atoms with van der Waals surface area (Å²) in [6.45, 7) is 2.23. The van der Waals surface area contributed by atoms with Crippen molar-refractivity contribution in [1.82, 2.24) is 10.3 Å². The number of hydrogen-bond acceptors (Lipinski definition) is 4. The van der Waals surface area contributed by atoms with Crippen LogP contribution in [0.25, 0.3) is 11.1 Å². The van der Waals surface area contributed by atoms with E-state index in [1.807, 2.05) is 24.3 Å². The summed E-state index contributed by atoms with van der Waals surface area (Å²) in [5.74, 6) is 3.20. The van der Waals surface area contributed by atoms with E-state index in [1.165, 1.54) is 50.3 Å². The minimum Gasteiger partial charge on any atom is -0.431 e. The number of nitrogens with one attached hydrogen (secondary N) is 1. The predicted octanol–water partition coefficient (Wildman–Crippen LogP) is 4.64. The van der Waals surface area contributed by atoms with E-state index >= 15 is 0 Å². The lowest BCUT2D eigenvalue weighted by Gasteiger charge is -2.59. The summed E-state index contributed by atoms with van der Waals surface area (Å²) in [5.41, 5.74) is 1.97. The maximum atomic E-state index is 12.5. The molecule has 2 aromatic rings. The van der Waals surface area contributed by atoms with E-state index in [1.54, 1.807) is 0 Å². The average Bonchev–Trinajstić information content (AvgIpc) is 3.02. The Hall–Kier alpha value is -1.49. The van der Waals surface area contributed by atoms with Gasteiger partial charge in [0.15, 0.2) is 5.58 Å². The van der Waals surface area contributed by atoms with Gasteiger partial charge in [0, 0.05) is 6.04 Å². The van der Waals surface area contributed by atoms with Gasteiger partial charge in [-0.3, -0.25) is 4.79 Å². The number of nitrogens with zero attached hydrogens (tertiary/aromatic N) is 1. The van der Waals surface area contributed by atoms with Crippen LogP contribution in [-0.2, 0) is 4.79 Å². The molecule has 4 saturated carbocycles. The number of hydrogen-bond donors (Lipinski definition) is 1. The summed E-state index contributed by atoms with van der Waals surface area (Å²) in [7, 11) is 0. The van der Waals surface area contributed by atoms with Crippen molar-refractivity contribution in [2.45, 2.75) is 56.7 Å². The van der Waals surface area contributed by atoms with Crippen LogP contribution in [0.5, 0.6) is 0 Å². The topological polar surface area (TPSA) is 55.1 Å². The van der Waals surface area contributed by atoms with Gasteiger partial charge in [-0.15, -0.1) is 0 Å². The number of aromatic nitrogens is 1. The van der Waals surface area contributed by atoms with Crippen molar-refractivity contribution >= 4 is 28.8 Å². The normalized spacial score (nSPS) is 33.5. The minimum absolute atomic E-state index is 0.0977. The number of oxazole rings is 1. The van der Waals surface area contributed by atoms with E-state index < -0.39 is 0 Å². The number of benzene rings is 1. The van der Waals surface area contributed by atoms with Gasteiger partial charge >= 0.3 is 0 Å². The van der Waals surface area contributed by atoms with Gasteiger partial charge in [0.1, 0.15) is 5.52 Å². The number of carbonyl (C=O) groups excluding carboxylic acids is 1. The van der Waals surface area contributed by atoms with Gasteiger partial charge in [0.25, 0.3) is 5.22 Å². The van der Waals surface area contributed by atoms with Crippen LogP contribution in [0.1, 0.15) is 45.4 Å². The predicted molar refractivity (Wildman–Crippen MR) is 103 cm³/mol. The first kappa shape index (κ1) is 16.7. The molecule has 5 heteroatoms. The number of amides is 1. The fourth-order valence-corrected chi connectivity index (χ4v) is 6.83. The lowest BCUT2D eigenvalue weighted by Crippen LogP contribution is -2.56. The van der Waals surface area contributed by atoms with Crippen LogP contribution in [0.3, 0.4) is 0 Å². The van der Waals surface area contributed by atoms with E-state index in [-0.39, 0.29) is 11.9 Å². The maximum Gasteiger partial charge on any atom is 0.257 e. The second kappa shape index (κ2) is 6.29. The molecule has 0 saturated heterocycles. The Kier molecular flexibility index (Phi) is 4.03. The van der Waals surface area contributed by atoms with Crippen LogP contribution in [0.4, 0.5) is 0 Å². The van der Waals surface area contributed by atoms with Crippen molar-refractivity contribution in [2.24, 2.45) is 23.2 Å². The largest absolute Gasteiger partial charge is 0.431 e. The molecule has 1 N–H and O–H groups in total. The smallest absolute Gasteiger partial charge is 0.257 e. The van der Waals surface area contributed by atoms with Crippen LogP contribution in [-0.4, -0.2) is 22.7 Å². The van der Waals surface area contributed by atoms with E-state index in [2.05, 4.69) is 17.2 Å². The van der Waals surface area contributed by atoms with Crippen LogP contribution in [0.2, 0.25) is 0 Å². The summed E-state index contributed by atoms with van der Waals surface area (Å²) >= 11 is 1.38. The third-order valence-corrected chi connectivity index (χ3v) is 7.81. The molecule has 0 spiro atoms. The molecular formula is C21H26N2O2S. The van der Waals surface area contributed by atoms with Crippen molar-refractivity contribution < 1.29 is 9.21 Å². The van der Waals surface area contributed by atoms with Crippen LogP contribution in [0, 0.1) is 23.2 Å². The van der Waals surface area contributed by atoms with E-state index in [4.69, 9.17) is 4.42 Å². The zero-order chi connectivity index (χ0) is 17.7. The molecule has 1 amide bonds. The third kappa shape index (κ3) is 2.94. The summed E-state index contributed by atoms with van der Waals surface area (Å²) in [6, 6.07) is 7.98. The molecule has 4 aliphatic rings. The summed E-state index contributed by atoms with van der Waals surface area (Å²) in [4.78, 5) is 17.0. The average molecular weight is 371 g/mol. The van der Waals surface area contributed by atoms with Crippen molar-refractivity contribution in [3.8, 4) is 0 Å². The number of carbonyl (C=O) groups is 1. The highest BCUT2D eigenvalue weighted by atomic mass is 32.2. The molecule has 138 valence electrons. The van der Waals surface area contributed by atoms with Crippen molar-refractivity contribution in [3.05, 3.63) is 24.3 Å². The summed E-state index contributed by atoms with van der Waals surface area (Å²) in [5, 5.41) is 3.88. The first-order valence-corrected chi connectivity index (χ1v) is 10.9. The molecule has 0 aliphatic heterocycles. The minimum atomic E-state index is 0.0977. The van der Waals surface area contributed by atoms with Gasteiger partial charge in [0.2, 0.25) is 5.91 Å². The van der Waals surface area contributed by atoms with Gasteiger partial charge in [0.05, 0.1) is 5.75 Å². The molecule has 1 aromatic carbocycles. The molecule has 1 aromatic heterocycles. The van der Waals surface area contributed by atoms with Crippen molar-refractivity contribution in [3.63, 3.8) is 0 Å². The maximum absolute atomic E-state index is 12.5. The summed E-state index contributed by atoms with van der Waals surface area (Å²) < 4.78 is 5.70. The molecule has 6 rings (SSSR count). The zero-order valence-corrected chi connectivity index (χ0v) is 16.1. The van der Waals surface area contributed by atoms with Crippen LogP contribution >= 0.6 is 11.8 Å². The van der Waals surface area contributed by atoms with Gasteiger partial charge in [-0.2, -0.15) is 0 Å². The Balaban J connectivity index is 1.20. The van der Waals surface area contributed by atoms with Crippen LogP contribution < -0.4 is 5.32 Å². The molecule has 4 aliphatic carbocycles. The molecule has 4 nitrogen and oxygen atoms in total. The fraction of sp³-hybridized carbons (Fsp3) is 0.619. The highest BCUT2D eigenvalue weighted by Crippen LogP contribution is 2.61. The van der Waals surface area contributed by atoms with Crippen molar-refractivity contribution in [1.29, 1.82) is 0 Å². The Bertz CT molecular complexity index is 762. The summed E-state index contributed by atoms with van der Waals surface area (Å²) in [6.07, 6.45) is 8.27. The second-order valence-corrected chi connectivity index (χ2v) is 9.73. The van der Waals surface area contributed by atoms with E-state index in [0.29, 0.717) is 16.4 Å². The standard InChI is InChI=1S/C21H26N2O2S/c1-13(21-9-14-6-15(10-21)8-16(7-14)11-21)22-19(24)12-26-20-23-17-4-2-3-5-18(17)25-20/h2-5,13-16H,6-12H2,1H3,(H,22,24). The molecule has 1 atom stereocenters. The Morgan fingerprint density at radius 1 is 1.23 bits per heavy atom. The van der Waals surface area contributed by atoms with Crippen LogP contribution in [0.15, 0.2) is 33.9 Å². The second-order valence-electron chi connectivity index (χ2n) is 8.81. The van der Waals surface area contributed by atoms with Gasteiger partial charge in [-0.25, -0.2) is 4.98 Å². The fourth-order valence-electron chi connectivity index (χ4n) is 6.18. The Morgan fingerprint density at radius 2 is 1.88 bits per heavy atom. The monoisotopic (exact) mass is 370 g/mol. The lowest BCUT2D eigenvalue weighted by atomic mass is 9.48. The third-order valence-electron chi connectivity index (χ3n) is 6.98. The first-order valence-electron chi connectivity index (χ1n) is 9.87. The molecule has 4 bridgehead atoms. The number of fused-ring (bicyclic) bond motifs is 1.